The van der Waals surface area contributed by atoms with E-state index in [-0.39, 0.29) is 5.60 Å². The zero-order valence-electron chi connectivity index (χ0n) is 14.7. The second-order valence-corrected chi connectivity index (χ2v) is 6.34. The van der Waals surface area contributed by atoms with Gasteiger partial charge in [0.05, 0.1) is 18.8 Å². The summed E-state index contributed by atoms with van der Waals surface area (Å²) in [4.78, 5) is 4.62. The lowest BCUT2D eigenvalue weighted by Gasteiger charge is -2.19. The van der Waals surface area contributed by atoms with Crippen LogP contribution in [-0.4, -0.2) is 24.7 Å². The van der Waals surface area contributed by atoms with Crippen LogP contribution < -0.4 is 10.6 Å². The second-order valence-electron chi connectivity index (χ2n) is 6.34. The number of hydrogen-bond acceptors (Lipinski definition) is 2. The predicted molar refractivity (Wildman–Crippen MR) is 94.1 cm³/mol. The van der Waals surface area contributed by atoms with Crippen LogP contribution in [0, 0.1) is 0 Å². The highest BCUT2D eigenvalue weighted by molar-refractivity contribution is 5.79. The molecule has 1 rings (SSSR count). The van der Waals surface area contributed by atoms with Gasteiger partial charge >= 0.3 is 0 Å². The van der Waals surface area contributed by atoms with E-state index >= 15 is 0 Å². The Kier molecular flexibility index (Phi) is 7.96. The maximum absolute atomic E-state index is 5.83. The summed E-state index contributed by atoms with van der Waals surface area (Å²) in [6.07, 6.45) is 1.09. The van der Waals surface area contributed by atoms with Crippen molar-refractivity contribution in [2.24, 2.45) is 4.99 Å². The van der Waals surface area contributed by atoms with Gasteiger partial charge in [-0.3, -0.25) is 0 Å². The van der Waals surface area contributed by atoms with E-state index < -0.39 is 0 Å². The van der Waals surface area contributed by atoms with Gasteiger partial charge in [0.25, 0.3) is 0 Å². The van der Waals surface area contributed by atoms with E-state index in [0.717, 1.165) is 25.5 Å². The van der Waals surface area contributed by atoms with Gasteiger partial charge in [0.15, 0.2) is 5.96 Å². The molecule has 4 heteroatoms. The van der Waals surface area contributed by atoms with Crippen molar-refractivity contribution >= 4 is 5.96 Å². The Labute approximate surface area is 135 Å². The molecule has 124 valence electrons. The Morgan fingerprint density at radius 3 is 2.50 bits per heavy atom. The van der Waals surface area contributed by atoms with Crippen molar-refractivity contribution in [3.63, 3.8) is 0 Å². The van der Waals surface area contributed by atoms with Crippen LogP contribution in [0.3, 0.4) is 0 Å². The normalized spacial score (nSPS) is 12.3. The lowest BCUT2D eigenvalue weighted by Crippen LogP contribution is -2.37. The number of nitrogens with zero attached hydrogens (tertiary/aromatic N) is 1. The topological polar surface area (TPSA) is 45.7 Å². The molecule has 0 heterocycles. The van der Waals surface area contributed by atoms with E-state index in [1.165, 1.54) is 11.1 Å². The molecule has 0 saturated carbocycles. The summed E-state index contributed by atoms with van der Waals surface area (Å²) in [5.74, 6) is 0.876. The minimum Gasteiger partial charge on any atom is -0.371 e. The maximum atomic E-state index is 5.83. The predicted octanol–water partition coefficient (Wildman–Crippen LogP) is 3.47. The Hall–Kier alpha value is -1.55. The largest absolute Gasteiger partial charge is 0.371 e. The second kappa shape index (κ2) is 9.46. The Balaban J connectivity index is 2.64. The number of benzene rings is 1. The molecule has 0 saturated heterocycles. The van der Waals surface area contributed by atoms with E-state index in [4.69, 9.17) is 4.74 Å². The fourth-order valence-corrected chi connectivity index (χ4v) is 1.87. The van der Waals surface area contributed by atoms with Gasteiger partial charge in [-0.05, 0) is 45.2 Å². The first kappa shape index (κ1) is 18.5. The van der Waals surface area contributed by atoms with Crippen LogP contribution in [0.1, 0.15) is 52.2 Å². The summed E-state index contributed by atoms with van der Waals surface area (Å²) in [6, 6.07) is 8.43. The summed E-state index contributed by atoms with van der Waals surface area (Å²) < 4.78 is 5.83. The minimum absolute atomic E-state index is 0.115. The summed E-state index contributed by atoms with van der Waals surface area (Å²) in [7, 11) is 0. The third-order valence-electron chi connectivity index (χ3n) is 2.97. The molecule has 0 bridgehead atoms. The van der Waals surface area contributed by atoms with Crippen LogP contribution in [0.25, 0.3) is 0 Å². The summed E-state index contributed by atoms with van der Waals surface area (Å²) in [5.41, 5.74) is 2.27. The standard InChI is InChI=1S/C18H31N3O/c1-6-11-20-17(19-7-2)21-13-15-9-8-10-16(12-15)14-22-18(3,4)5/h8-10,12H,6-7,11,13-14H2,1-5H3,(H2,19,20,21). The van der Waals surface area contributed by atoms with Crippen molar-refractivity contribution in [3.8, 4) is 0 Å². The highest BCUT2D eigenvalue weighted by atomic mass is 16.5. The van der Waals surface area contributed by atoms with Gasteiger partial charge in [0.1, 0.15) is 0 Å². The number of guanidine groups is 1. The first-order valence-electron chi connectivity index (χ1n) is 8.18. The molecular weight excluding hydrogens is 274 g/mol. The number of nitrogens with one attached hydrogen (secondary N) is 2. The number of hydrogen-bond donors (Lipinski definition) is 2. The van der Waals surface area contributed by atoms with Crippen molar-refractivity contribution in [2.45, 2.75) is 59.8 Å². The molecule has 2 N–H and O–H groups in total. The average molecular weight is 305 g/mol. The SMILES string of the molecule is CCCNC(=NCc1cccc(COC(C)(C)C)c1)NCC. The minimum atomic E-state index is -0.115. The van der Waals surface area contributed by atoms with E-state index in [1.807, 2.05) is 0 Å². The zero-order chi connectivity index (χ0) is 16.4. The molecule has 0 aliphatic heterocycles. The molecule has 1 aromatic rings. The molecular formula is C18H31N3O. The number of rotatable bonds is 7. The van der Waals surface area contributed by atoms with Crippen LogP contribution in [0.15, 0.2) is 29.3 Å². The molecule has 0 unspecified atom stereocenters. The zero-order valence-corrected chi connectivity index (χ0v) is 14.7. The van der Waals surface area contributed by atoms with Crippen molar-refractivity contribution in [1.82, 2.24) is 10.6 Å². The fraction of sp³-hybridized carbons (Fsp3) is 0.611. The lowest BCUT2D eigenvalue weighted by molar-refractivity contribution is -0.0149. The summed E-state index contributed by atoms with van der Waals surface area (Å²) in [5, 5.41) is 6.58. The van der Waals surface area contributed by atoms with Gasteiger partial charge in [-0.1, -0.05) is 31.2 Å². The van der Waals surface area contributed by atoms with E-state index in [1.54, 1.807) is 0 Å². The van der Waals surface area contributed by atoms with Crippen molar-refractivity contribution in [3.05, 3.63) is 35.4 Å². The van der Waals surface area contributed by atoms with Gasteiger partial charge in [-0.25, -0.2) is 4.99 Å². The summed E-state index contributed by atoms with van der Waals surface area (Å²) in [6.45, 7) is 13.6. The maximum Gasteiger partial charge on any atom is 0.191 e. The van der Waals surface area contributed by atoms with Gasteiger partial charge < -0.3 is 15.4 Å². The molecule has 0 fully saturated rings. The van der Waals surface area contributed by atoms with Crippen LogP contribution in [0.5, 0.6) is 0 Å². The van der Waals surface area contributed by atoms with Gasteiger partial charge in [-0.15, -0.1) is 0 Å². The third-order valence-corrected chi connectivity index (χ3v) is 2.97. The van der Waals surface area contributed by atoms with Crippen molar-refractivity contribution < 1.29 is 4.74 Å². The fourth-order valence-electron chi connectivity index (χ4n) is 1.87. The average Bonchev–Trinajstić information content (AvgIpc) is 2.48. The van der Waals surface area contributed by atoms with E-state index in [2.05, 4.69) is 74.5 Å². The van der Waals surface area contributed by atoms with Gasteiger partial charge in [0.2, 0.25) is 0 Å². The number of aliphatic imine (C=N–C) groups is 1. The molecule has 0 spiro atoms. The molecule has 0 atom stereocenters. The van der Waals surface area contributed by atoms with E-state index in [0.29, 0.717) is 13.2 Å². The Morgan fingerprint density at radius 1 is 1.14 bits per heavy atom. The van der Waals surface area contributed by atoms with Crippen LogP contribution in [-0.2, 0) is 17.9 Å². The molecule has 0 aromatic heterocycles. The van der Waals surface area contributed by atoms with Gasteiger partial charge in [-0.2, -0.15) is 0 Å². The molecule has 0 aliphatic rings. The first-order chi connectivity index (χ1) is 10.4. The van der Waals surface area contributed by atoms with Crippen LogP contribution in [0.2, 0.25) is 0 Å². The Bertz CT molecular complexity index is 464. The molecule has 0 radical (unpaired) electrons. The molecule has 1 aromatic carbocycles. The molecule has 0 amide bonds. The van der Waals surface area contributed by atoms with Crippen LogP contribution in [0.4, 0.5) is 0 Å². The third kappa shape index (κ3) is 8.03. The summed E-state index contributed by atoms with van der Waals surface area (Å²) >= 11 is 0. The van der Waals surface area contributed by atoms with Crippen molar-refractivity contribution in [2.75, 3.05) is 13.1 Å². The molecule has 22 heavy (non-hydrogen) atoms. The Morgan fingerprint density at radius 2 is 1.86 bits per heavy atom. The highest BCUT2D eigenvalue weighted by Gasteiger charge is 2.10. The molecule has 0 aliphatic carbocycles. The quantitative estimate of drug-likeness (QED) is 0.599. The monoisotopic (exact) mass is 305 g/mol. The highest BCUT2D eigenvalue weighted by Crippen LogP contribution is 2.13. The van der Waals surface area contributed by atoms with Crippen LogP contribution >= 0.6 is 0 Å². The van der Waals surface area contributed by atoms with Crippen molar-refractivity contribution in [1.29, 1.82) is 0 Å². The smallest absolute Gasteiger partial charge is 0.191 e. The number of ether oxygens (including phenoxy) is 1. The lowest BCUT2D eigenvalue weighted by atomic mass is 10.1. The molecule has 4 nitrogen and oxygen atoms in total. The first-order valence-corrected chi connectivity index (χ1v) is 8.18. The van der Waals surface area contributed by atoms with E-state index in [9.17, 15) is 0 Å². The van der Waals surface area contributed by atoms with Gasteiger partial charge in [0, 0.05) is 13.1 Å².